The smallest absolute Gasteiger partial charge is 0.185 e. The number of benzene rings is 2. The average Bonchev–Trinajstić information content (AvgIpc) is 3.26. The van der Waals surface area contributed by atoms with Crippen molar-refractivity contribution < 1.29 is 17.9 Å². The summed E-state index contributed by atoms with van der Waals surface area (Å²) in [5.41, 5.74) is 1.94. The second kappa shape index (κ2) is 10.1. The molecule has 3 aromatic rings. The lowest BCUT2D eigenvalue weighted by Gasteiger charge is -2.31. The molecule has 0 spiro atoms. The van der Waals surface area contributed by atoms with E-state index in [0.717, 1.165) is 16.4 Å². The highest BCUT2D eigenvalue weighted by atomic mass is 35.5. The minimum Gasteiger partial charge on any atom is -0.497 e. The van der Waals surface area contributed by atoms with Crippen LogP contribution in [0.15, 0.2) is 46.7 Å². The molecule has 0 amide bonds. The summed E-state index contributed by atoms with van der Waals surface area (Å²) < 4.78 is 37.1. The molecule has 10 heteroatoms. The van der Waals surface area contributed by atoms with Crippen LogP contribution < -0.4 is 14.4 Å². The summed E-state index contributed by atoms with van der Waals surface area (Å²) in [6.45, 7) is 1.25. The molecule has 0 radical (unpaired) electrons. The zero-order chi connectivity index (χ0) is 23.6. The van der Waals surface area contributed by atoms with Gasteiger partial charge >= 0.3 is 0 Å². The van der Waals surface area contributed by atoms with Crippen molar-refractivity contribution in [2.45, 2.75) is 29.4 Å². The van der Waals surface area contributed by atoms with E-state index in [4.69, 9.17) is 37.7 Å². The highest BCUT2D eigenvalue weighted by Gasteiger charge is 2.34. The summed E-state index contributed by atoms with van der Waals surface area (Å²) in [7, 11) is -0.528. The number of ether oxygens (including phenoxy) is 2. The van der Waals surface area contributed by atoms with Crippen LogP contribution in [0.4, 0.5) is 5.13 Å². The molecule has 4 rings (SSSR count). The van der Waals surface area contributed by atoms with Crippen molar-refractivity contribution in [3.8, 4) is 11.5 Å². The Morgan fingerprint density at radius 2 is 1.76 bits per heavy atom. The number of rotatable bonds is 7. The van der Waals surface area contributed by atoms with E-state index in [1.54, 1.807) is 35.6 Å². The van der Waals surface area contributed by atoms with Gasteiger partial charge in [0, 0.05) is 41.0 Å². The Labute approximate surface area is 208 Å². The summed E-state index contributed by atoms with van der Waals surface area (Å²) in [5.74, 6) is 0.864. The molecular weight excluding hydrogens is 503 g/mol. The summed E-state index contributed by atoms with van der Waals surface area (Å²) in [6, 6.07) is 10.3. The summed E-state index contributed by atoms with van der Waals surface area (Å²) >= 11 is 13.8. The van der Waals surface area contributed by atoms with Gasteiger partial charge in [0.2, 0.25) is 0 Å². The van der Waals surface area contributed by atoms with E-state index < -0.39 is 15.1 Å². The van der Waals surface area contributed by atoms with E-state index in [-0.39, 0.29) is 4.90 Å². The third-order valence-electron chi connectivity index (χ3n) is 5.68. The Kier molecular flexibility index (Phi) is 7.38. The third kappa shape index (κ3) is 5.40. The first kappa shape index (κ1) is 24.1. The van der Waals surface area contributed by atoms with Crippen molar-refractivity contribution >= 4 is 49.5 Å². The second-order valence-corrected chi connectivity index (χ2v) is 11.7. The average molecular weight is 527 g/mol. The first-order valence-electron chi connectivity index (χ1n) is 10.4. The van der Waals surface area contributed by atoms with E-state index in [1.165, 1.54) is 14.2 Å². The number of aromatic nitrogens is 1. The van der Waals surface area contributed by atoms with Gasteiger partial charge in [-0.2, -0.15) is 0 Å². The van der Waals surface area contributed by atoms with E-state index >= 15 is 0 Å². The Hall–Kier alpha value is -2.00. The van der Waals surface area contributed by atoms with Gasteiger partial charge in [0.25, 0.3) is 0 Å². The van der Waals surface area contributed by atoms with Crippen LogP contribution in [-0.4, -0.2) is 46.0 Å². The fourth-order valence-corrected chi connectivity index (χ4v) is 7.31. The van der Waals surface area contributed by atoms with Gasteiger partial charge in [-0.1, -0.05) is 23.2 Å². The Bertz CT molecular complexity index is 1220. The van der Waals surface area contributed by atoms with Gasteiger partial charge in [-0.05, 0) is 48.7 Å². The maximum atomic E-state index is 13.3. The number of halogens is 2. The zero-order valence-electron chi connectivity index (χ0n) is 18.3. The normalized spacial score (nSPS) is 15.0. The number of sulfone groups is 1. The van der Waals surface area contributed by atoms with Crippen LogP contribution in [-0.2, 0) is 16.3 Å². The van der Waals surface area contributed by atoms with Crippen molar-refractivity contribution in [3.63, 3.8) is 0 Å². The first-order chi connectivity index (χ1) is 15.8. The molecule has 0 atom stereocenters. The van der Waals surface area contributed by atoms with Crippen LogP contribution in [0.1, 0.15) is 24.1 Å². The van der Waals surface area contributed by atoms with E-state index in [0.29, 0.717) is 53.9 Å². The van der Waals surface area contributed by atoms with Gasteiger partial charge < -0.3 is 14.4 Å². The molecule has 6 nitrogen and oxygen atoms in total. The monoisotopic (exact) mass is 526 g/mol. The summed E-state index contributed by atoms with van der Waals surface area (Å²) in [6.07, 6.45) is 1.69. The Balaban J connectivity index is 1.43. The molecule has 0 unspecified atom stereocenters. The van der Waals surface area contributed by atoms with Crippen molar-refractivity contribution in [2.24, 2.45) is 0 Å². The molecule has 0 bridgehead atoms. The van der Waals surface area contributed by atoms with Crippen molar-refractivity contribution in [1.82, 2.24) is 4.98 Å². The number of piperidine rings is 1. The molecule has 33 heavy (non-hydrogen) atoms. The summed E-state index contributed by atoms with van der Waals surface area (Å²) in [4.78, 5) is 7.11. The van der Waals surface area contributed by atoms with Gasteiger partial charge in [0.15, 0.2) is 15.0 Å². The largest absolute Gasteiger partial charge is 0.497 e. The SMILES string of the molecule is COc1ccc(S(=O)(=O)C2CCN(c3nc(Cc4cc(Cl)cc(Cl)c4)cs3)CC2)c(OC)c1. The van der Waals surface area contributed by atoms with Crippen LogP contribution in [0, 0.1) is 0 Å². The van der Waals surface area contributed by atoms with E-state index in [1.807, 2.05) is 17.5 Å². The molecule has 0 aliphatic carbocycles. The number of hydrogen-bond donors (Lipinski definition) is 0. The number of methoxy groups -OCH3 is 2. The van der Waals surface area contributed by atoms with Crippen LogP contribution in [0.3, 0.4) is 0 Å². The van der Waals surface area contributed by atoms with Crippen LogP contribution in [0.25, 0.3) is 0 Å². The third-order valence-corrected chi connectivity index (χ3v) is 9.36. The van der Waals surface area contributed by atoms with Gasteiger partial charge in [-0.3, -0.25) is 0 Å². The van der Waals surface area contributed by atoms with E-state index in [2.05, 4.69) is 4.90 Å². The molecule has 1 fully saturated rings. The highest BCUT2D eigenvalue weighted by Crippen LogP contribution is 2.35. The number of anilines is 1. The minimum atomic E-state index is -3.53. The number of hydrogen-bond acceptors (Lipinski definition) is 7. The maximum Gasteiger partial charge on any atom is 0.185 e. The molecule has 0 saturated carbocycles. The molecule has 2 aromatic carbocycles. The second-order valence-electron chi connectivity index (χ2n) is 7.82. The van der Waals surface area contributed by atoms with Gasteiger partial charge in [-0.25, -0.2) is 13.4 Å². The van der Waals surface area contributed by atoms with Crippen molar-refractivity contribution in [1.29, 1.82) is 0 Å². The lowest BCUT2D eigenvalue weighted by atomic mass is 10.1. The molecule has 176 valence electrons. The molecule has 1 aliphatic heterocycles. The lowest BCUT2D eigenvalue weighted by Crippen LogP contribution is -2.39. The molecule has 1 saturated heterocycles. The standard InChI is InChI=1S/C23H24Cl2N2O4S2/c1-30-19-3-4-22(21(13-19)31-2)33(28,29)20-5-7-27(8-6-20)23-26-18(14-32-23)11-15-9-16(24)12-17(25)10-15/h3-4,9-10,12-14,20H,5-8,11H2,1-2H3. The molecule has 0 N–H and O–H groups in total. The Morgan fingerprint density at radius 1 is 1.06 bits per heavy atom. The first-order valence-corrected chi connectivity index (χ1v) is 13.6. The molecular formula is C23H24Cl2N2O4S2. The quantitative estimate of drug-likeness (QED) is 0.404. The van der Waals surface area contributed by atoms with Crippen LogP contribution >= 0.6 is 34.5 Å². The zero-order valence-corrected chi connectivity index (χ0v) is 21.4. The summed E-state index contributed by atoms with van der Waals surface area (Å²) in [5, 5.41) is 3.66. The fraction of sp³-hybridized carbons (Fsp3) is 0.348. The Morgan fingerprint density at radius 3 is 2.39 bits per heavy atom. The topological polar surface area (TPSA) is 68.7 Å². The van der Waals surface area contributed by atoms with Crippen LogP contribution in [0.2, 0.25) is 10.0 Å². The molecule has 2 heterocycles. The molecule has 1 aromatic heterocycles. The highest BCUT2D eigenvalue weighted by molar-refractivity contribution is 7.92. The van der Waals surface area contributed by atoms with Gasteiger partial charge in [-0.15, -0.1) is 11.3 Å². The van der Waals surface area contributed by atoms with Gasteiger partial charge in [0.05, 0.1) is 25.2 Å². The maximum absolute atomic E-state index is 13.3. The van der Waals surface area contributed by atoms with Crippen LogP contribution in [0.5, 0.6) is 11.5 Å². The van der Waals surface area contributed by atoms with Crippen molar-refractivity contribution in [2.75, 3.05) is 32.2 Å². The predicted molar refractivity (Wildman–Crippen MR) is 133 cm³/mol. The van der Waals surface area contributed by atoms with Gasteiger partial charge in [0.1, 0.15) is 16.4 Å². The number of thiazole rings is 1. The van der Waals surface area contributed by atoms with Crippen molar-refractivity contribution in [3.05, 3.63) is 63.1 Å². The fourth-order valence-electron chi connectivity index (χ4n) is 3.99. The van der Waals surface area contributed by atoms with E-state index in [9.17, 15) is 8.42 Å². The number of nitrogens with zero attached hydrogens (tertiary/aromatic N) is 2. The predicted octanol–water partition coefficient (Wildman–Crippen LogP) is 5.50. The molecule has 1 aliphatic rings. The minimum absolute atomic E-state index is 0.209. The lowest BCUT2D eigenvalue weighted by molar-refractivity contribution is 0.385.